The first-order chi connectivity index (χ1) is 5.59. The highest BCUT2D eigenvalue weighted by molar-refractivity contribution is 7.11. The Morgan fingerprint density at radius 3 is 2.75 bits per heavy atom. The van der Waals surface area contributed by atoms with Crippen LogP contribution in [-0.2, 0) is 16.0 Å². The van der Waals surface area contributed by atoms with Crippen LogP contribution in [0, 0.1) is 6.92 Å². The number of ketones is 1. The SMILES string of the molecule is Cc1ncc(CC(=O)C(=O)O)s1. The lowest BCUT2D eigenvalue weighted by Crippen LogP contribution is -2.14. The van der Waals surface area contributed by atoms with E-state index in [1.54, 1.807) is 6.92 Å². The van der Waals surface area contributed by atoms with Gasteiger partial charge in [-0.15, -0.1) is 11.3 Å². The number of aryl methyl sites for hydroxylation is 1. The number of carboxylic acid groups (broad SMARTS) is 1. The van der Waals surface area contributed by atoms with Crippen molar-refractivity contribution in [2.45, 2.75) is 13.3 Å². The molecule has 0 saturated heterocycles. The zero-order valence-corrected chi connectivity index (χ0v) is 7.22. The zero-order valence-electron chi connectivity index (χ0n) is 6.40. The van der Waals surface area contributed by atoms with Gasteiger partial charge in [0.25, 0.3) is 0 Å². The molecule has 0 amide bonds. The summed E-state index contributed by atoms with van der Waals surface area (Å²) in [6, 6.07) is 0. The van der Waals surface area contributed by atoms with Crippen molar-refractivity contribution in [3.8, 4) is 0 Å². The van der Waals surface area contributed by atoms with E-state index in [1.807, 2.05) is 0 Å². The molecule has 1 aromatic heterocycles. The molecule has 0 unspecified atom stereocenters. The fraction of sp³-hybridized carbons (Fsp3) is 0.286. The van der Waals surface area contributed by atoms with Gasteiger partial charge in [-0.2, -0.15) is 0 Å². The van der Waals surface area contributed by atoms with Crippen molar-refractivity contribution in [3.05, 3.63) is 16.1 Å². The molecule has 0 saturated carbocycles. The highest BCUT2D eigenvalue weighted by Crippen LogP contribution is 2.11. The Kier molecular flexibility index (Phi) is 2.54. The molecule has 0 atom stereocenters. The molecule has 0 fully saturated rings. The first-order valence-corrected chi connectivity index (χ1v) is 4.08. The highest BCUT2D eigenvalue weighted by Gasteiger charge is 2.13. The van der Waals surface area contributed by atoms with Gasteiger partial charge in [0.1, 0.15) is 0 Å². The molecule has 0 aliphatic rings. The second-order valence-electron chi connectivity index (χ2n) is 2.25. The minimum Gasteiger partial charge on any atom is -0.475 e. The second kappa shape index (κ2) is 3.44. The van der Waals surface area contributed by atoms with E-state index in [0.29, 0.717) is 4.88 Å². The molecule has 64 valence electrons. The Hall–Kier alpha value is -1.23. The first kappa shape index (κ1) is 8.86. The Labute approximate surface area is 72.9 Å². The minimum atomic E-state index is -1.39. The lowest BCUT2D eigenvalue weighted by atomic mass is 10.3. The van der Waals surface area contributed by atoms with E-state index in [4.69, 9.17) is 5.11 Å². The molecule has 1 rings (SSSR count). The van der Waals surface area contributed by atoms with Crippen molar-refractivity contribution >= 4 is 23.1 Å². The summed E-state index contributed by atoms with van der Waals surface area (Å²) in [6.45, 7) is 1.80. The van der Waals surface area contributed by atoms with Gasteiger partial charge in [0.05, 0.1) is 11.4 Å². The summed E-state index contributed by atoms with van der Waals surface area (Å²) in [5.74, 6) is -2.18. The Morgan fingerprint density at radius 1 is 1.67 bits per heavy atom. The van der Waals surface area contributed by atoms with Crippen molar-refractivity contribution in [2.24, 2.45) is 0 Å². The number of carboxylic acids is 1. The molecule has 12 heavy (non-hydrogen) atoms. The average Bonchev–Trinajstić information content (AvgIpc) is 2.35. The van der Waals surface area contributed by atoms with Gasteiger partial charge in [-0.3, -0.25) is 4.79 Å². The van der Waals surface area contributed by atoms with Gasteiger partial charge in [-0.25, -0.2) is 9.78 Å². The Morgan fingerprint density at radius 2 is 2.33 bits per heavy atom. The summed E-state index contributed by atoms with van der Waals surface area (Å²) in [5.41, 5.74) is 0. The molecule has 5 heteroatoms. The standard InChI is InChI=1S/C7H7NO3S/c1-4-8-3-5(12-4)2-6(9)7(10)11/h3H,2H2,1H3,(H,10,11). The quantitative estimate of drug-likeness (QED) is 0.702. The fourth-order valence-corrected chi connectivity index (χ4v) is 1.51. The van der Waals surface area contributed by atoms with Crippen LogP contribution >= 0.6 is 11.3 Å². The van der Waals surface area contributed by atoms with E-state index in [2.05, 4.69) is 4.98 Å². The van der Waals surface area contributed by atoms with E-state index in [1.165, 1.54) is 17.5 Å². The van der Waals surface area contributed by atoms with Gasteiger partial charge in [0.15, 0.2) is 0 Å². The predicted octanol–water partition coefficient (Wildman–Crippen LogP) is 0.648. The van der Waals surface area contributed by atoms with Gasteiger partial charge in [-0.1, -0.05) is 0 Å². The van der Waals surface area contributed by atoms with Gasteiger partial charge >= 0.3 is 5.97 Å². The van der Waals surface area contributed by atoms with Crippen LogP contribution in [0.25, 0.3) is 0 Å². The Balaban J connectivity index is 2.64. The molecule has 0 aliphatic heterocycles. The maximum atomic E-state index is 10.7. The van der Waals surface area contributed by atoms with Crippen molar-refractivity contribution in [2.75, 3.05) is 0 Å². The number of carbonyl (C=O) groups excluding carboxylic acids is 1. The number of hydrogen-bond acceptors (Lipinski definition) is 4. The number of carbonyl (C=O) groups is 2. The molecule has 0 spiro atoms. The molecular weight excluding hydrogens is 178 g/mol. The van der Waals surface area contributed by atoms with Gasteiger partial charge in [0.2, 0.25) is 5.78 Å². The molecule has 1 heterocycles. The van der Waals surface area contributed by atoms with E-state index in [0.717, 1.165) is 5.01 Å². The summed E-state index contributed by atoms with van der Waals surface area (Å²) in [6.07, 6.45) is 1.47. The summed E-state index contributed by atoms with van der Waals surface area (Å²) in [5, 5.41) is 9.12. The lowest BCUT2D eigenvalue weighted by molar-refractivity contribution is -0.148. The van der Waals surface area contributed by atoms with E-state index in [9.17, 15) is 9.59 Å². The largest absolute Gasteiger partial charge is 0.475 e. The van der Waals surface area contributed by atoms with E-state index in [-0.39, 0.29) is 6.42 Å². The molecule has 0 bridgehead atoms. The summed E-state index contributed by atoms with van der Waals surface area (Å²) < 4.78 is 0. The van der Waals surface area contributed by atoms with E-state index < -0.39 is 11.8 Å². The van der Waals surface area contributed by atoms with Crippen LogP contribution in [0.3, 0.4) is 0 Å². The molecule has 0 aliphatic carbocycles. The lowest BCUT2D eigenvalue weighted by Gasteiger charge is -1.88. The van der Waals surface area contributed by atoms with Crippen LogP contribution in [0.2, 0.25) is 0 Å². The summed E-state index contributed by atoms with van der Waals surface area (Å²) in [4.78, 5) is 25.4. The van der Waals surface area contributed by atoms with Crippen molar-refractivity contribution in [1.29, 1.82) is 0 Å². The average molecular weight is 185 g/mol. The smallest absolute Gasteiger partial charge is 0.372 e. The summed E-state index contributed by atoms with van der Waals surface area (Å²) in [7, 11) is 0. The first-order valence-electron chi connectivity index (χ1n) is 3.27. The number of hydrogen-bond donors (Lipinski definition) is 1. The number of aliphatic carboxylic acids is 1. The zero-order chi connectivity index (χ0) is 9.14. The number of rotatable bonds is 3. The maximum Gasteiger partial charge on any atom is 0.372 e. The second-order valence-corrected chi connectivity index (χ2v) is 3.57. The molecule has 1 N–H and O–H groups in total. The van der Waals surface area contributed by atoms with Crippen molar-refractivity contribution < 1.29 is 14.7 Å². The minimum absolute atomic E-state index is 0.0547. The fourth-order valence-electron chi connectivity index (χ4n) is 0.721. The maximum absolute atomic E-state index is 10.7. The third-order valence-corrected chi connectivity index (χ3v) is 2.16. The number of Topliss-reactive ketones (excluding diaryl/α,β-unsaturated/α-hetero) is 1. The van der Waals surface area contributed by atoms with Crippen molar-refractivity contribution in [1.82, 2.24) is 4.98 Å². The van der Waals surface area contributed by atoms with Gasteiger partial charge < -0.3 is 5.11 Å². The molecule has 1 aromatic rings. The summed E-state index contributed by atoms with van der Waals surface area (Å²) >= 11 is 1.34. The van der Waals surface area contributed by atoms with Crippen LogP contribution in [0.1, 0.15) is 9.88 Å². The molecular formula is C7H7NO3S. The molecule has 0 aromatic carbocycles. The predicted molar refractivity (Wildman–Crippen MR) is 43.2 cm³/mol. The van der Waals surface area contributed by atoms with Gasteiger partial charge in [-0.05, 0) is 6.92 Å². The van der Waals surface area contributed by atoms with Crippen LogP contribution in [0.4, 0.5) is 0 Å². The van der Waals surface area contributed by atoms with Crippen LogP contribution in [0.5, 0.6) is 0 Å². The van der Waals surface area contributed by atoms with Crippen LogP contribution in [0.15, 0.2) is 6.20 Å². The molecule has 0 radical (unpaired) electrons. The van der Waals surface area contributed by atoms with Crippen molar-refractivity contribution in [3.63, 3.8) is 0 Å². The molecule has 4 nitrogen and oxygen atoms in total. The van der Waals surface area contributed by atoms with E-state index >= 15 is 0 Å². The monoisotopic (exact) mass is 185 g/mol. The number of thiazole rings is 1. The normalized spacial score (nSPS) is 9.75. The third kappa shape index (κ3) is 2.13. The highest BCUT2D eigenvalue weighted by atomic mass is 32.1. The van der Waals surface area contributed by atoms with Crippen LogP contribution < -0.4 is 0 Å². The Bertz CT molecular complexity index is 318. The van der Waals surface area contributed by atoms with Gasteiger partial charge in [0, 0.05) is 11.1 Å². The third-order valence-electron chi connectivity index (χ3n) is 1.24. The number of aromatic nitrogens is 1. The topological polar surface area (TPSA) is 67.3 Å². The number of nitrogens with zero attached hydrogens (tertiary/aromatic N) is 1. The van der Waals surface area contributed by atoms with Crippen LogP contribution in [-0.4, -0.2) is 21.8 Å².